The Labute approximate surface area is 82.4 Å². The van der Waals surface area contributed by atoms with Gasteiger partial charge in [0.1, 0.15) is 11.5 Å². The summed E-state index contributed by atoms with van der Waals surface area (Å²) < 4.78 is 1.64. The molecule has 4 nitrogen and oxygen atoms in total. The molecular weight excluding hydrogens is 176 g/mol. The van der Waals surface area contributed by atoms with Gasteiger partial charge in [0.25, 0.3) is 0 Å². The Hall–Kier alpha value is -1.84. The molecule has 72 valence electrons. The quantitative estimate of drug-likeness (QED) is 0.735. The van der Waals surface area contributed by atoms with Gasteiger partial charge >= 0.3 is 0 Å². The Kier molecular flexibility index (Phi) is 1.96. The lowest BCUT2D eigenvalue weighted by Gasteiger charge is -1.96. The second-order valence-corrected chi connectivity index (χ2v) is 3.24. The third kappa shape index (κ3) is 1.46. The number of nitrogens with two attached hydrogens (primary N) is 1. The summed E-state index contributed by atoms with van der Waals surface area (Å²) in [4.78, 5) is 4.37. The van der Waals surface area contributed by atoms with Crippen LogP contribution in [0.2, 0.25) is 0 Å². The first-order valence-electron chi connectivity index (χ1n) is 4.40. The third-order valence-electron chi connectivity index (χ3n) is 2.07. The molecule has 0 aromatic carbocycles. The summed E-state index contributed by atoms with van der Waals surface area (Å²) in [6.45, 7) is 1.95. The summed E-state index contributed by atoms with van der Waals surface area (Å²) in [6.07, 6.45) is 0. The normalized spacial score (nSPS) is 10.4. The van der Waals surface area contributed by atoms with Crippen LogP contribution >= 0.6 is 0 Å². The maximum Gasteiger partial charge on any atom is 0.122 e. The molecule has 0 bridgehead atoms. The van der Waals surface area contributed by atoms with E-state index in [9.17, 15) is 0 Å². The molecule has 14 heavy (non-hydrogen) atoms. The van der Waals surface area contributed by atoms with Crippen LogP contribution in [0.5, 0.6) is 0 Å². The monoisotopic (exact) mass is 188 g/mol. The van der Waals surface area contributed by atoms with E-state index in [4.69, 9.17) is 5.73 Å². The molecule has 0 saturated carbocycles. The second kappa shape index (κ2) is 3.14. The molecule has 4 heteroatoms. The zero-order valence-electron chi connectivity index (χ0n) is 8.23. The lowest BCUT2D eigenvalue weighted by atomic mass is 10.2. The number of aromatic nitrogens is 3. The van der Waals surface area contributed by atoms with Gasteiger partial charge < -0.3 is 5.73 Å². The smallest absolute Gasteiger partial charge is 0.122 e. The molecule has 2 aromatic heterocycles. The lowest BCUT2D eigenvalue weighted by Crippen LogP contribution is -1.96. The maximum absolute atomic E-state index is 5.69. The molecule has 0 saturated heterocycles. The Bertz CT molecular complexity index is 439. The number of nitrogen functional groups attached to an aromatic ring is 1. The number of hydrogen-bond donors (Lipinski definition) is 1. The van der Waals surface area contributed by atoms with Crippen molar-refractivity contribution in [1.82, 2.24) is 14.8 Å². The number of rotatable bonds is 1. The van der Waals surface area contributed by atoms with E-state index in [-0.39, 0.29) is 0 Å². The van der Waals surface area contributed by atoms with E-state index in [0.717, 1.165) is 17.1 Å². The van der Waals surface area contributed by atoms with Crippen molar-refractivity contribution < 1.29 is 0 Å². The van der Waals surface area contributed by atoms with Crippen LogP contribution in [0.3, 0.4) is 0 Å². The summed E-state index contributed by atoms with van der Waals surface area (Å²) in [5, 5.41) is 4.25. The second-order valence-electron chi connectivity index (χ2n) is 3.24. The predicted molar refractivity (Wildman–Crippen MR) is 55.6 cm³/mol. The molecule has 0 aliphatic carbocycles. The van der Waals surface area contributed by atoms with E-state index < -0.39 is 0 Å². The van der Waals surface area contributed by atoms with Crippen molar-refractivity contribution in [3.63, 3.8) is 0 Å². The van der Waals surface area contributed by atoms with Gasteiger partial charge in [0, 0.05) is 18.8 Å². The molecule has 0 amide bonds. The summed E-state index contributed by atoms with van der Waals surface area (Å²) in [6, 6.07) is 7.66. The van der Waals surface area contributed by atoms with Gasteiger partial charge in [-0.2, -0.15) is 5.10 Å². The fraction of sp³-hybridized carbons (Fsp3) is 0.200. The minimum absolute atomic E-state index is 0.642. The first-order valence-corrected chi connectivity index (χ1v) is 4.40. The highest BCUT2D eigenvalue weighted by Gasteiger charge is 2.05. The highest BCUT2D eigenvalue weighted by atomic mass is 15.3. The minimum atomic E-state index is 0.642. The third-order valence-corrected chi connectivity index (χ3v) is 2.07. The number of hydrogen-bond acceptors (Lipinski definition) is 3. The number of nitrogens with zero attached hydrogens (tertiary/aromatic N) is 3. The number of pyridine rings is 1. The molecule has 0 aliphatic heterocycles. The van der Waals surface area contributed by atoms with Crippen LogP contribution < -0.4 is 5.73 Å². The molecule has 0 fully saturated rings. The van der Waals surface area contributed by atoms with Gasteiger partial charge in [0.2, 0.25) is 0 Å². The minimum Gasteiger partial charge on any atom is -0.384 e. The van der Waals surface area contributed by atoms with Crippen LogP contribution in [0.25, 0.3) is 11.4 Å². The first kappa shape index (κ1) is 8.74. The summed E-state index contributed by atoms with van der Waals surface area (Å²) >= 11 is 0. The van der Waals surface area contributed by atoms with Crippen molar-refractivity contribution in [3.8, 4) is 11.4 Å². The van der Waals surface area contributed by atoms with E-state index in [1.54, 1.807) is 4.68 Å². The fourth-order valence-electron chi connectivity index (χ4n) is 1.29. The molecule has 2 N–H and O–H groups in total. The molecule has 2 heterocycles. The SMILES string of the molecule is Cc1cccc(-c2cc(N)n(C)n2)n1. The molecule has 0 aliphatic rings. The zero-order valence-corrected chi connectivity index (χ0v) is 8.23. The molecule has 2 aromatic rings. The van der Waals surface area contributed by atoms with Crippen molar-refractivity contribution in [3.05, 3.63) is 30.0 Å². The lowest BCUT2D eigenvalue weighted by molar-refractivity contribution is 0.781. The van der Waals surface area contributed by atoms with Gasteiger partial charge in [0.05, 0.1) is 5.69 Å². The highest BCUT2D eigenvalue weighted by Crippen LogP contribution is 2.17. The van der Waals surface area contributed by atoms with Crippen LogP contribution in [0.15, 0.2) is 24.3 Å². The van der Waals surface area contributed by atoms with E-state index >= 15 is 0 Å². The van der Waals surface area contributed by atoms with Gasteiger partial charge in [-0.15, -0.1) is 0 Å². The first-order chi connectivity index (χ1) is 6.66. The molecule has 0 spiro atoms. The van der Waals surface area contributed by atoms with Crippen LogP contribution in [0.4, 0.5) is 5.82 Å². The summed E-state index contributed by atoms with van der Waals surface area (Å²) in [5.41, 5.74) is 8.34. The van der Waals surface area contributed by atoms with Crippen LogP contribution in [-0.2, 0) is 7.05 Å². The maximum atomic E-state index is 5.69. The van der Waals surface area contributed by atoms with Crippen molar-refractivity contribution >= 4 is 5.82 Å². The van der Waals surface area contributed by atoms with Crippen molar-refractivity contribution in [2.45, 2.75) is 6.92 Å². The summed E-state index contributed by atoms with van der Waals surface area (Å²) in [5.74, 6) is 0.642. The van der Waals surface area contributed by atoms with Gasteiger partial charge in [-0.3, -0.25) is 9.67 Å². The standard InChI is InChI=1S/C10H12N4/c1-7-4-3-5-8(12-7)9-6-10(11)14(2)13-9/h3-6H,11H2,1-2H3. The predicted octanol–water partition coefficient (Wildman–Crippen LogP) is 1.37. The Morgan fingerprint density at radius 1 is 1.29 bits per heavy atom. The van der Waals surface area contributed by atoms with E-state index in [1.807, 2.05) is 38.2 Å². The van der Waals surface area contributed by atoms with Gasteiger partial charge in [0.15, 0.2) is 0 Å². The van der Waals surface area contributed by atoms with E-state index in [2.05, 4.69) is 10.1 Å². The molecule has 0 unspecified atom stereocenters. The zero-order chi connectivity index (χ0) is 10.1. The average Bonchev–Trinajstić information content (AvgIpc) is 2.47. The average molecular weight is 188 g/mol. The van der Waals surface area contributed by atoms with Gasteiger partial charge in [-0.1, -0.05) is 6.07 Å². The number of aryl methyl sites for hydroxylation is 2. The topological polar surface area (TPSA) is 56.7 Å². The largest absolute Gasteiger partial charge is 0.384 e. The Balaban J connectivity index is 2.49. The summed E-state index contributed by atoms with van der Waals surface area (Å²) in [7, 11) is 1.81. The Morgan fingerprint density at radius 2 is 2.07 bits per heavy atom. The highest BCUT2D eigenvalue weighted by molar-refractivity contribution is 5.58. The Morgan fingerprint density at radius 3 is 2.64 bits per heavy atom. The molecule has 0 radical (unpaired) electrons. The van der Waals surface area contributed by atoms with Gasteiger partial charge in [-0.25, -0.2) is 0 Å². The van der Waals surface area contributed by atoms with Crippen LogP contribution in [-0.4, -0.2) is 14.8 Å². The fourth-order valence-corrected chi connectivity index (χ4v) is 1.29. The molecule has 0 atom stereocenters. The van der Waals surface area contributed by atoms with Crippen LogP contribution in [0, 0.1) is 6.92 Å². The van der Waals surface area contributed by atoms with Crippen molar-refractivity contribution in [2.24, 2.45) is 7.05 Å². The van der Waals surface area contributed by atoms with Crippen LogP contribution in [0.1, 0.15) is 5.69 Å². The van der Waals surface area contributed by atoms with Crippen molar-refractivity contribution in [2.75, 3.05) is 5.73 Å². The molecular formula is C10H12N4. The van der Waals surface area contributed by atoms with Gasteiger partial charge in [-0.05, 0) is 19.1 Å². The van der Waals surface area contributed by atoms with Crippen molar-refractivity contribution in [1.29, 1.82) is 0 Å². The molecule has 2 rings (SSSR count). The van der Waals surface area contributed by atoms with E-state index in [0.29, 0.717) is 5.82 Å². The van der Waals surface area contributed by atoms with E-state index in [1.165, 1.54) is 0 Å². The number of anilines is 1.